The second-order valence-electron chi connectivity index (χ2n) is 11.3. The lowest BCUT2D eigenvalue weighted by Gasteiger charge is -2.27. The minimum absolute atomic E-state index is 0.0452. The van der Waals surface area contributed by atoms with Gasteiger partial charge in [-0.1, -0.05) is 61.5 Å². The van der Waals surface area contributed by atoms with Crippen LogP contribution in [0.15, 0.2) is 72.8 Å². The van der Waals surface area contributed by atoms with E-state index in [-0.39, 0.29) is 36.6 Å². The number of fused-ring (bicyclic) bond motifs is 1. The summed E-state index contributed by atoms with van der Waals surface area (Å²) in [4.78, 5) is 33.0. The van der Waals surface area contributed by atoms with Crippen LogP contribution in [0.5, 0.6) is 0 Å². The van der Waals surface area contributed by atoms with Gasteiger partial charge in [-0.3, -0.25) is 9.59 Å². The summed E-state index contributed by atoms with van der Waals surface area (Å²) in [5.74, 6) is -0.442. The van der Waals surface area contributed by atoms with Gasteiger partial charge >= 0.3 is 0 Å². The Morgan fingerprint density at radius 3 is 2.50 bits per heavy atom. The predicted molar refractivity (Wildman–Crippen MR) is 149 cm³/mol. The Kier molecular flexibility index (Phi) is 6.64. The summed E-state index contributed by atoms with van der Waals surface area (Å²) in [5.41, 5.74) is 3.50. The van der Waals surface area contributed by atoms with Crippen LogP contribution in [-0.4, -0.2) is 45.0 Å². The van der Waals surface area contributed by atoms with Crippen LogP contribution in [0.1, 0.15) is 54.7 Å². The summed E-state index contributed by atoms with van der Waals surface area (Å²) in [6, 6.07) is 20.3. The van der Waals surface area contributed by atoms with Crippen molar-refractivity contribution in [3.8, 4) is 0 Å². The molecule has 40 heavy (non-hydrogen) atoms. The highest BCUT2D eigenvalue weighted by Gasteiger charge is 2.42. The van der Waals surface area contributed by atoms with E-state index in [1.54, 1.807) is 10.6 Å². The molecule has 3 aromatic carbocycles. The molecule has 2 aliphatic rings. The van der Waals surface area contributed by atoms with Gasteiger partial charge in [0.05, 0.1) is 23.6 Å². The Morgan fingerprint density at radius 2 is 1.77 bits per heavy atom. The summed E-state index contributed by atoms with van der Waals surface area (Å²) in [6.07, 6.45) is 0.499. The molecule has 0 bridgehead atoms. The van der Waals surface area contributed by atoms with E-state index in [0.29, 0.717) is 17.0 Å². The summed E-state index contributed by atoms with van der Waals surface area (Å²) in [6.45, 7) is 3.67. The number of halogens is 2. The van der Waals surface area contributed by atoms with Gasteiger partial charge in [0.25, 0.3) is 0 Å². The SMILES string of the molecule is Cc1nc2ccccc2n1CC(=O)N1C[C@H](F)C[C@H]1C(=O)N[C@@H](c1ccccc1)c1ccc(C2(C)CC2)c(F)c1. The number of hydrogen-bond donors (Lipinski definition) is 1. The number of likely N-dealkylation sites (tertiary alicyclic amines) is 1. The van der Waals surface area contributed by atoms with Crippen LogP contribution in [0.3, 0.4) is 0 Å². The van der Waals surface area contributed by atoms with Crippen molar-refractivity contribution >= 4 is 22.8 Å². The quantitative estimate of drug-likeness (QED) is 0.341. The zero-order chi connectivity index (χ0) is 28.0. The molecule has 0 radical (unpaired) electrons. The number of imidazole rings is 1. The number of amides is 2. The van der Waals surface area contributed by atoms with Crippen LogP contribution in [0.25, 0.3) is 11.0 Å². The number of benzene rings is 3. The first-order valence-electron chi connectivity index (χ1n) is 13.7. The zero-order valence-electron chi connectivity index (χ0n) is 22.6. The van der Waals surface area contributed by atoms with Crippen molar-refractivity contribution in [1.82, 2.24) is 19.8 Å². The number of rotatable bonds is 7. The van der Waals surface area contributed by atoms with E-state index in [2.05, 4.69) is 17.2 Å². The fourth-order valence-electron chi connectivity index (χ4n) is 5.83. The number of aromatic nitrogens is 2. The molecule has 1 aromatic heterocycles. The molecule has 206 valence electrons. The number of carbonyl (C=O) groups excluding carboxylic acids is 2. The van der Waals surface area contributed by atoms with Gasteiger partial charge in [-0.15, -0.1) is 0 Å². The topological polar surface area (TPSA) is 67.2 Å². The molecule has 1 aliphatic carbocycles. The van der Waals surface area contributed by atoms with Crippen molar-refractivity contribution in [1.29, 1.82) is 0 Å². The molecule has 2 amide bonds. The van der Waals surface area contributed by atoms with Gasteiger partial charge in [-0.25, -0.2) is 13.8 Å². The molecule has 2 heterocycles. The van der Waals surface area contributed by atoms with Crippen LogP contribution >= 0.6 is 0 Å². The maximum atomic E-state index is 15.2. The van der Waals surface area contributed by atoms with Crippen molar-refractivity contribution < 1.29 is 18.4 Å². The highest BCUT2D eigenvalue weighted by molar-refractivity contribution is 5.89. The Bertz CT molecular complexity index is 1580. The van der Waals surface area contributed by atoms with E-state index in [1.807, 2.05) is 67.6 Å². The normalized spacial score (nSPS) is 20.4. The molecule has 6 rings (SSSR count). The minimum atomic E-state index is -1.31. The lowest BCUT2D eigenvalue weighted by molar-refractivity contribution is -0.139. The molecule has 8 heteroatoms. The maximum absolute atomic E-state index is 15.2. The van der Waals surface area contributed by atoms with Crippen molar-refractivity contribution in [3.63, 3.8) is 0 Å². The number of para-hydroxylation sites is 2. The van der Waals surface area contributed by atoms with Crippen LogP contribution in [0.4, 0.5) is 8.78 Å². The van der Waals surface area contributed by atoms with Crippen LogP contribution in [0, 0.1) is 12.7 Å². The van der Waals surface area contributed by atoms with Crippen LogP contribution in [-0.2, 0) is 21.5 Å². The number of hydrogen-bond acceptors (Lipinski definition) is 3. The van der Waals surface area contributed by atoms with E-state index in [1.165, 1.54) is 11.0 Å². The predicted octanol–water partition coefficient (Wildman–Crippen LogP) is 5.38. The third kappa shape index (κ3) is 4.87. The second-order valence-corrected chi connectivity index (χ2v) is 11.3. The molecule has 2 fully saturated rings. The Morgan fingerprint density at radius 1 is 1.05 bits per heavy atom. The van der Waals surface area contributed by atoms with Crippen molar-refractivity contribution in [2.24, 2.45) is 0 Å². The standard InChI is InChI=1S/C32H32F2N4O2/c1-20-35-26-10-6-7-11-27(26)37(20)19-29(39)38-18-23(33)17-28(38)31(40)36-30(21-8-4-3-5-9-21)22-12-13-24(25(34)16-22)32(2)14-15-32/h3-13,16,23,28,30H,14-15,17-19H2,1-2H3,(H,36,40)/t23-,28+,30+/m1/s1. The summed E-state index contributed by atoms with van der Waals surface area (Å²) in [7, 11) is 0. The van der Waals surface area contributed by atoms with Gasteiger partial charge in [0, 0.05) is 6.42 Å². The lowest BCUT2D eigenvalue weighted by Crippen LogP contribution is -2.48. The van der Waals surface area contributed by atoms with Gasteiger partial charge in [-0.05, 0) is 60.1 Å². The average Bonchev–Trinajstić information content (AvgIpc) is 3.44. The summed E-state index contributed by atoms with van der Waals surface area (Å²) < 4.78 is 31.7. The highest BCUT2D eigenvalue weighted by atomic mass is 19.1. The first kappa shape index (κ1) is 26.2. The minimum Gasteiger partial charge on any atom is -0.343 e. The van der Waals surface area contributed by atoms with Crippen molar-refractivity contribution in [2.45, 2.75) is 63.3 Å². The molecule has 1 saturated carbocycles. The molecular weight excluding hydrogens is 510 g/mol. The van der Waals surface area contributed by atoms with Gasteiger partial charge in [0.15, 0.2) is 0 Å². The first-order valence-corrected chi connectivity index (χ1v) is 13.7. The molecule has 0 spiro atoms. The lowest BCUT2D eigenvalue weighted by atomic mass is 9.92. The molecule has 1 N–H and O–H groups in total. The van der Waals surface area contributed by atoms with Crippen LogP contribution in [0.2, 0.25) is 0 Å². The van der Waals surface area contributed by atoms with E-state index in [9.17, 15) is 14.0 Å². The number of nitrogens with zero attached hydrogens (tertiary/aromatic N) is 3. The highest BCUT2D eigenvalue weighted by Crippen LogP contribution is 2.48. The number of carbonyl (C=O) groups is 2. The number of nitrogens with one attached hydrogen (secondary N) is 1. The smallest absolute Gasteiger partial charge is 0.243 e. The van der Waals surface area contributed by atoms with Crippen molar-refractivity contribution in [2.75, 3.05) is 6.54 Å². The monoisotopic (exact) mass is 542 g/mol. The largest absolute Gasteiger partial charge is 0.343 e. The van der Waals surface area contributed by atoms with Gasteiger partial charge in [-0.2, -0.15) is 0 Å². The molecule has 1 aliphatic heterocycles. The number of alkyl halides is 1. The summed E-state index contributed by atoms with van der Waals surface area (Å²) >= 11 is 0. The number of aryl methyl sites for hydroxylation is 1. The fraction of sp³-hybridized carbons (Fsp3) is 0.344. The fourth-order valence-corrected chi connectivity index (χ4v) is 5.83. The van der Waals surface area contributed by atoms with E-state index < -0.39 is 24.2 Å². The third-order valence-corrected chi connectivity index (χ3v) is 8.41. The molecule has 6 nitrogen and oxygen atoms in total. The van der Waals surface area contributed by atoms with E-state index in [0.717, 1.165) is 29.4 Å². The Balaban J connectivity index is 1.26. The van der Waals surface area contributed by atoms with Gasteiger partial charge < -0.3 is 14.8 Å². The van der Waals surface area contributed by atoms with Crippen LogP contribution < -0.4 is 5.32 Å². The van der Waals surface area contributed by atoms with E-state index >= 15 is 4.39 Å². The molecule has 4 aromatic rings. The molecule has 3 atom stereocenters. The third-order valence-electron chi connectivity index (χ3n) is 8.41. The van der Waals surface area contributed by atoms with Crippen molar-refractivity contribution in [3.05, 3.63) is 101 Å². The zero-order valence-corrected chi connectivity index (χ0v) is 22.6. The molecule has 0 unspecified atom stereocenters. The Hall–Kier alpha value is -4.07. The average molecular weight is 543 g/mol. The summed E-state index contributed by atoms with van der Waals surface area (Å²) in [5, 5.41) is 3.01. The molecular formula is C32H32F2N4O2. The second kappa shape index (κ2) is 10.2. The Labute approximate surface area is 232 Å². The van der Waals surface area contributed by atoms with E-state index in [4.69, 9.17) is 0 Å². The van der Waals surface area contributed by atoms with Gasteiger partial charge in [0.1, 0.15) is 30.4 Å². The maximum Gasteiger partial charge on any atom is 0.243 e. The first-order chi connectivity index (χ1) is 19.2. The molecule has 1 saturated heterocycles. The van der Waals surface area contributed by atoms with Gasteiger partial charge in [0.2, 0.25) is 11.8 Å².